The maximum absolute atomic E-state index is 9.55. The Morgan fingerprint density at radius 1 is 1.10 bits per heavy atom. The predicted octanol–water partition coefficient (Wildman–Crippen LogP) is 4.28. The highest BCUT2D eigenvalue weighted by Gasteiger charge is 2.14. The summed E-state index contributed by atoms with van der Waals surface area (Å²) in [5.41, 5.74) is 1.15. The fourth-order valence-electron chi connectivity index (χ4n) is 2.77. The van der Waals surface area contributed by atoms with Crippen LogP contribution in [0.5, 0.6) is 5.75 Å². The number of hydrogen-bond acceptors (Lipinski definition) is 5. The van der Waals surface area contributed by atoms with E-state index >= 15 is 0 Å². The molecule has 0 spiro atoms. The van der Waals surface area contributed by atoms with Crippen molar-refractivity contribution in [1.82, 2.24) is 10.3 Å². The summed E-state index contributed by atoms with van der Waals surface area (Å²) in [6, 6.07) is 16.7. The highest BCUT2D eigenvalue weighted by Crippen LogP contribution is 2.31. The number of hydrogen-bond donors (Lipinski definition) is 3. The third-order valence-electron chi connectivity index (χ3n) is 4.17. The minimum Gasteiger partial charge on any atom is -0.485 e. The highest BCUT2D eigenvalue weighted by molar-refractivity contribution is 14.1. The summed E-state index contributed by atoms with van der Waals surface area (Å²) in [6.45, 7) is 0.898. The van der Waals surface area contributed by atoms with Crippen molar-refractivity contribution in [3.63, 3.8) is 0 Å². The summed E-state index contributed by atoms with van der Waals surface area (Å²) in [5, 5.41) is 21.2. The zero-order valence-corrected chi connectivity index (χ0v) is 19.0. The second-order valence-corrected chi connectivity index (χ2v) is 7.66. The molecular weight excluding hydrogens is 511 g/mol. The van der Waals surface area contributed by atoms with E-state index in [1.54, 1.807) is 0 Å². The van der Waals surface area contributed by atoms with Gasteiger partial charge in [0.05, 0.1) is 0 Å². The molecule has 7 nitrogen and oxygen atoms in total. The third kappa shape index (κ3) is 8.35. The fourth-order valence-corrected chi connectivity index (χ4v) is 3.29. The van der Waals surface area contributed by atoms with Gasteiger partial charge < -0.3 is 20.3 Å². The van der Waals surface area contributed by atoms with Crippen LogP contribution >= 0.6 is 22.6 Å². The number of carbonyl (C=O) groups is 2. The van der Waals surface area contributed by atoms with E-state index in [1.807, 2.05) is 37.6 Å². The van der Waals surface area contributed by atoms with Gasteiger partial charge in [0.15, 0.2) is 0 Å². The van der Waals surface area contributed by atoms with Crippen molar-refractivity contribution in [2.75, 3.05) is 13.6 Å². The number of carboxylic acid groups (broad SMARTS) is 2. The van der Waals surface area contributed by atoms with Gasteiger partial charge in [-0.3, -0.25) is 4.98 Å². The zero-order valence-electron chi connectivity index (χ0n) is 16.9. The molecule has 1 heterocycles. The Labute approximate surface area is 193 Å². The van der Waals surface area contributed by atoms with Crippen LogP contribution in [-0.2, 0) is 9.59 Å². The average Bonchev–Trinajstić information content (AvgIpc) is 2.76. The van der Waals surface area contributed by atoms with Gasteiger partial charge in [0.25, 0.3) is 0 Å². The molecule has 3 aromatic rings. The monoisotopic (exact) mass is 534 g/mol. The van der Waals surface area contributed by atoms with E-state index in [9.17, 15) is 9.59 Å². The first-order valence-corrected chi connectivity index (χ1v) is 10.5. The van der Waals surface area contributed by atoms with Gasteiger partial charge in [0, 0.05) is 39.9 Å². The summed E-state index contributed by atoms with van der Waals surface area (Å²) in [4.78, 5) is 23.2. The third-order valence-corrected chi connectivity index (χ3v) is 4.85. The number of nitrogens with zero attached hydrogens (tertiary/aromatic N) is 1. The largest absolute Gasteiger partial charge is 0.485 e. The normalized spacial score (nSPS) is 11.5. The Morgan fingerprint density at radius 3 is 2.39 bits per heavy atom. The van der Waals surface area contributed by atoms with Gasteiger partial charge in [-0.2, -0.15) is 0 Å². The molecule has 0 fully saturated rings. The number of benzene rings is 2. The summed E-state index contributed by atoms with van der Waals surface area (Å²) < 4.78 is 7.62. The molecule has 3 N–H and O–H groups in total. The van der Waals surface area contributed by atoms with Gasteiger partial charge in [0.1, 0.15) is 11.9 Å². The lowest BCUT2D eigenvalue weighted by Gasteiger charge is -2.20. The first-order chi connectivity index (χ1) is 14.9. The van der Waals surface area contributed by atoms with Gasteiger partial charge in [-0.15, -0.1) is 0 Å². The predicted molar refractivity (Wildman–Crippen MR) is 127 cm³/mol. The van der Waals surface area contributed by atoms with E-state index in [4.69, 9.17) is 14.9 Å². The van der Waals surface area contributed by atoms with Gasteiger partial charge in [-0.05, 0) is 83.5 Å². The second kappa shape index (κ2) is 12.7. The van der Waals surface area contributed by atoms with Crippen molar-refractivity contribution in [3.05, 3.63) is 82.2 Å². The van der Waals surface area contributed by atoms with Crippen molar-refractivity contribution in [2.45, 2.75) is 12.5 Å². The minimum atomic E-state index is -1.26. The molecule has 162 valence electrons. The van der Waals surface area contributed by atoms with Gasteiger partial charge >= 0.3 is 11.9 Å². The van der Waals surface area contributed by atoms with Crippen LogP contribution in [0.2, 0.25) is 0 Å². The lowest BCUT2D eigenvalue weighted by atomic mass is 10.1. The number of ether oxygens (including phenoxy) is 1. The molecule has 0 amide bonds. The summed E-state index contributed by atoms with van der Waals surface area (Å²) in [6.07, 6.45) is 5.66. The quantitative estimate of drug-likeness (QED) is 0.293. The first-order valence-electron chi connectivity index (χ1n) is 9.44. The van der Waals surface area contributed by atoms with Crippen LogP contribution in [0.15, 0.2) is 73.1 Å². The maximum Gasteiger partial charge on any atom is 0.328 e. The molecule has 8 heteroatoms. The highest BCUT2D eigenvalue weighted by atomic mass is 127. The number of rotatable bonds is 8. The Hall–Kier alpha value is -2.98. The summed E-state index contributed by atoms with van der Waals surface area (Å²) >= 11 is 2.34. The minimum absolute atomic E-state index is 0.00956. The van der Waals surface area contributed by atoms with Crippen LogP contribution in [0.1, 0.15) is 18.1 Å². The number of pyridine rings is 1. The summed E-state index contributed by atoms with van der Waals surface area (Å²) in [7, 11) is 1.96. The number of aliphatic carboxylic acids is 2. The lowest BCUT2D eigenvalue weighted by Crippen LogP contribution is -2.16. The average molecular weight is 534 g/mol. The Bertz CT molecular complexity index is 1020. The van der Waals surface area contributed by atoms with E-state index < -0.39 is 11.9 Å². The van der Waals surface area contributed by atoms with E-state index in [2.05, 4.69) is 63.2 Å². The molecule has 31 heavy (non-hydrogen) atoms. The van der Waals surface area contributed by atoms with Crippen LogP contribution in [0.4, 0.5) is 0 Å². The topological polar surface area (TPSA) is 109 Å². The zero-order chi connectivity index (χ0) is 22.6. The lowest BCUT2D eigenvalue weighted by molar-refractivity contribution is -0.134. The molecule has 3 rings (SSSR count). The first kappa shape index (κ1) is 24.3. The molecule has 2 aromatic carbocycles. The van der Waals surface area contributed by atoms with Crippen molar-refractivity contribution in [3.8, 4) is 5.75 Å². The number of halogens is 1. The molecule has 0 aliphatic heterocycles. The Kier molecular flexibility index (Phi) is 9.92. The van der Waals surface area contributed by atoms with E-state index in [0.717, 1.165) is 29.7 Å². The van der Waals surface area contributed by atoms with Crippen LogP contribution in [0.25, 0.3) is 10.8 Å². The number of fused-ring (bicyclic) bond motifs is 1. The van der Waals surface area contributed by atoms with Crippen molar-refractivity contribution < 1.29 is 24.5 Å². The van der Waals surface area contributed by atoms with Crippen LogP contribution in [0, 0.1) is 3.57 Å². The molecule has 0 saturated heterocycles. The van der Waals surface area contributed by atoms with E-state index in [1.165, 1.54) is 8.96 Å². The summed E-state index contributed by atoms with van der Waals surface area (Å²) in [5.74, 6) is -1.59. The molecule has 0 saturated carbocycles. The SMILES string of the molecule is CNCCC(Oc1cccc2cc(I)ccc12)c1ccncc1.O=C(O)/C=C\C(=O)O. The molecule has 0 radical (unpaired) electrons. The molecular formula is C23H23IN2O5. The molecule has 1 aromatic heterocycles. The maximum atomic E-state index is 9.55. The number of aromatic nitrogens is 1. The molecule has 0 aliphatic carbocycles. The van der Waals surface area contributed by atoms with Crippen molar-refractivity contribution in [2.24, 2.45) is 0 Å². The Morgan fingerprint density at radius 2 is 1.77 bits per heavy atom. The molecule has 0 bridgehead atoms. The van der Waals surface area contributed by atoms with Gasteiger partial charge in [-0.1, -0.05) is 12.1 Å². The van der Waals surface area contributed by atoms with Crippen LogP contribution in [-0.4, -0.2) is 40.7 Å². The number of nitrogens with one attached hydrogen (secondary N) is 1. The molecule has 0 aliphatic rings. The molecule has 1 atom stereocenters. The van der Waals surface area contributed by atoms with Crippen molar-refractivity contribution in [1.29, 1.82) is 0 Å². The Balaban J connectivity index is 0.000000366. The van der Waals surface area contributed by atoms with Crippen LogP contribution in [0.3, 0.4) is 0 Å². The standard InChI is InChI=1S/C19H19IN2O.C4H4O4/c1-21-10-9-18(14-7-11-22-12-8-14)23-19-4-2-3-15-13-16(20)5-6-17(15)19;5-3(6)1-2-4(7)8/h2-8,11-13,18,21H,9-10H2,1H3;1-2H,(H,5,6)(H,7,8)/b;2-1-. The fraction of sp³-hybridized carbons (Fsp3) is 0.174. The van der Waals surface area contributed by atoms with Gasteiger partial charge in [-0.25, -0.2) is 9.59 Å². The second-order valence-electron chi connectivity index (χ2n) is 6.41. The van der Waals surface area contributed by atoms with E-state index in [0.29, 0.717) is 12.2 Å². The smallest absolute Gasteiger partial charge is 0.328 e. The van der Waals surface area contributed by atoms with Gasteiger partial charge in [0.2, 0.25) is 0 Å². The number of carboxylic acids is 2. The molecule has 1 unspecified atom stereocenters. The van der Waals surface area contributed by atoms with Crippen LogP contribution < -0.4 is 10.1 Å². The van der Waals surface area contributed by atoms with E-state index in [-0.39, 0.29) is 6.10 Å². The van der Waals surface area contributed by atoms with Crippen molar-refractivity contribution >= 4 is 45.3 Å².